The molecule has 1 heterocycles. The maximum atomic E-state index is 5.84. The molecule has 4 nitrogen and oxygen atoms in total. The molecule has 1 aliphatic rings. The van der Waals surface area contributed by atoms with Gasteiger partial charge in [0, 0.05) is 20.2 Å². The molecular formula is C13H20N2O2. The standard InChI is InChI=1S/C13H20N2O2/c1-16-10-11(9-14)15-7-4-8-17-13-6-3-2-5-12(13)15/h2-3,5-6,11H,4,7-10,14H2,1H3. The molecule has 0 saturated carbocycles. The van der Waals surface area contributed by atoms with Crippen molar-refractivity contribution in [2.24, 2.45) is 5.73 Å². The van der Waals surface area contributed by atoms with Gasteiger partial charge in [0.2, 0.25) is 0 Å². The summed E-state index contributed by atoms with van der Waals surface area (Å²) >= 11 is 0. The van der Waals surface area contributed by atoms with Crippen LogP contribution in [0.4, 0.5) is 5.69 Å². The largest absolute Gasteiger partial charge is 0.491 e. The molecule has 1 aromatic carbocycles. The lowest BCUT2D eigenvalue weighted by Crippen LogP contribution is -2.44. The van der Waals surface area contributed by atoms with Crippen molar-refractivity contribution in [2.45, 2.75) is 12.5 Å². The molecule has 0 radical (unpaired) electrons. The summed E-state index contributed by atoms with van der Waals surface area (Å²) in [7, 11) is 1.71. The van der Waals surface area contributed by atoms with Crippen LogP contribution in [-0.2, 0) is 4.74 Å². The summed E-state index contributed by atoms with van der Waals surface area (Å²) in [5.74, 6) is 0.944. The van der Waals surface area contributed by atoms with Crippen molar-refractivity contribution in [3.63, 3.8) is 0 Å². The molecule has 1 unspecified atom stereocenters. The molecule has 1 atom stereocenters. The minimum Gasteiger partial charge on any atom is -0.491 e. The van der Waals surface area contributed by atoms with E-state index in [-0.39, 0.29) is 6.04 Å². The van der Waals surface area contributed by atoms with Crippen LogP contribution in [0.1, 0.15) is 6.42 Å². The van der Waals surface area contributed by atoms with Gasteiger partial charge < -0.3 is 20.1 Å². The van der Waals surface area contributed by atoms with E-state index in [0.29, 0.717) is 13.2 Å². The van der Waals surface area contributed by atoms with Gasteiger partial charge in [-0.2, -0.15) is 0 Å². The molecular weight excluding hydrogens is 216 g/mol. The second kappa shape index (κ2) is 5.89. The van der Waals surface area contributed by atoms with Gasteiger partial charge in [-0.1, -0.05) is 12.1 Å². The molecule has 0 amide bonds. The third kappa shape index (κ3) is 2.70. The SMILES string of the molecule is COCC(CN)N1CCCOc2ccccc21. The van der Waals surface area contributed by atoms with Crippen LogP contribution in [0.5, 0.6) is 5.75 Å². The lowest BCUT2D eigenvalue weighted by Gasteiger charge is -2.31. The third-order valence-electron chi connectivity index (χ3n) is 3.05. The van der Waals surface area contributed by atoms with Crippen LogP contribution in [0.2, 0.25) is 0 Å². The molecule has 1 aliphatic heterocycles. The Morgan fingerprint density at radius 3 is 3.06 bits per heavy atom. The van der Waals surface area contributed by atoms with E-state index in [0.717, 1.165) is 31.0 Å². The Hall–Kier alpha value is -1.26. The first-order chi connectivity index (χ1) is 8.36. The summed E-state index contributed by atoms with van der Waals surface area (Å²) in [5, 5.41) is 0. The molecule has 0 bridgehead atoms. The highest BCUT2D eigenvalue weighted by atomic mass is 16.5. The highest BCUT2D eigenvalue weighted by Gasteiger charge is 2.22. The minimum atomic E-state index is 0.211. The third-order valence-corrected chi connectivity index (χ3v) is 3.05. The van der Waals surface area contributed by atoms with E-state index >= 15 is 0 Å². The lowest BCUT2D eigenvalue weighted by atomic mass is 10.2. The maximum Gasteiger partial charge on any atom is 0.142 e. The molecule has 94 valence electrons. The van der Waals surface area contributed by atoms with E-state index in [1.807, 2.05) is 18.2 Å². The number of rotatable bonds is 4. The number of nitrogens with two attached hydrogens (primary N) is 1. The van der Waals surface area contributed by atoms with E-state index in [4.69, 9.17) is 15.2 Å². The highest BCUT2D eigenvalue weighted by Crippen LogP contribution is 2.31. The molecule has 2 N–H and O–H groups in total. The summed E-state index contributed by atoms with van der Waals surface area (Å²) < 4.78 is 11.0. The van der Waals surface area contributed by atoms with E-state index in [1.165, 1.54) is 0 Å². The fraction of sp³-hybridized carbons (Fsp3) is 0.538. The number of hydrogen-bond donors (Lipinski definition) is 1. The highest BCUT2D eigenvalue weighted by molar-refractivity contribution is 5.59. The normalized spacial score (nSPS) is 16.9. The van der Waals surface area contributed by atoms with Gasteiger partial charge in [-0.15, -0.1) is 0 Å². The summed E-state index contributed by atoms with van der Waals surface area (Å²) in [5.41, 5.74) is 6.96. The smallest absolute Gasteiger partial charge is 0.142 e. The number of nitrogens with zero attached hydrogens (tertiary/aromatic N) is 1. The Balaban J connectivity index is 2.26. The van der Waals surface area contributed by atoms with Crippen molar-refractivity contribution in [3.8, 4) is 5.75 Å². The number of hydrogen-bond acceptors (Lipinski definition) is 4. The average molecular weight is 236 g/mol. The number of ether oxygens (including phenoxy) is 2. The Bertz CT molecular complexity index is 357. The number of fused-ring (bicyclic) bond motifs is 1. The monoisotopic (exact) mass is 236 g/mol. The van der Waals surface area contributed by atoms with Crippen LogP contribution in [0.25, 0.3) is 0 Å². The van der Waals surface area contributed by atoms with Crippen LogP contribution in [-0.4, -0.2) is 39.5 Å². The van der Waals surface area contributed by atoms with Crippen molar-refractivity contribution in [1.29, 1.82) is 0 Å². The van der Waals surface area contributed by atoms with Crippen molar-refractivity contribution in [3.05, 3.63) is 24.3 Å². The summed E-state index contributed by atoms with van der Waals surface area (Å²) in [6, 6.07) is 8.33. The van der Waals surface area contributed by atoms with E-state index in [2.05, 4.69) is 11.0 Å². The van der Waals surface area contributed by atoms with Crippen molar-refractivity contribution >= 4 is 5.69 Å². The number of methoxy groups -OCH3 is 1. The van der Waals surface area contributed by atoms with Gasteiger partial charge in [0.25, 0.3) is 0 Å². The van der Waals surface area contributed by atoms with Crippen LogP contribution < -0.4 is 15.4 Å². The molecule has 1 aromatic rings. The zero-order valence-electron chi connectivity index (χ0n) is 10.3. The molecule has 4 heteroatoms. The van der Waals surface area contributed by atoms with Gasteiger partial charge in [0.1, 0.15) is 5.75 Å². The van der Waals surface area contributed by atoms with Gasteiger partial charge >= 0.3 is 0 Å². The zero-order chi connectivity index (χ0) is 12.1. The lowest BCUT2D eigenvalue weighted by molar-refractivity contribution is 0.178. The van der Waals surface area contributed by atoms with Crippen LogP contribution >= 0.6 is 0 Å². The molecule has 0 aliphatic carbocycles. The Kier molecular flexibility index (Phi) is 4.23. The fourth-order valence-corrected chi connectivity index (χ4v) is 2.21. The van der Waals surface area contributed by atoms with Crippen LogP contribution in [0, 0.1) is 0 Å². The summed E-state index contributed by atoms with van der Waals surface area (Å²) in [6.45, 7) is 2.95. The van der Waals surface area contributed by atoms with Gasteiger partial charge in [0.15, 0.2) is 0 Å². The number of benzene rings is 1. The summed E-state index contributed by atoms with van der Waals surface area (Å²) in [6.07, 6.45) is 1.01. The van der Waals surface area contributed by atoms with Crippen LogP contribution in [0.3, 0.4) is 0 Å². The van der Waals surface area contributed by atoms with Crippen molar-refractivity contribution in [1.82, 2.24) is 0 Å². The molecule has 0 saturated heterocycles. The second-order valence-electron chi connectivity index (χ2n) is 4.21. The van der Waals surface area contributed by atoms with Gasteiger partial charge in [-0.25, -0.2) is 0 Å². The topological polar surface area (TPSA) is 47.7 Å². The van der Waals surface area contributed by atoms with Gasteiger partial charge in [0.05, 0.1) is 24.9 Å². The Morgan fingerprint density at radius 2 is 2.29 bits per heavy atom. The molecule has 0 fully saturated rings. The predicted molar refractivity (Wildman–Crippen MR) is 68.6 cm³/mol. The molecule has 0 aromatic heterocycles. The molecule has 2 rings (SSSR count). The molecule has 17 heavy (non-hydrogen) atoms. The second-order valence-corrected chi connectivity index (χ2v) is 4.21. The molecule has 0 spiro atoms. The van der Waals surface area contributed by atoms with E-state index in [1.54, 1.807) is 7.11 Å². The Labute approximate surface area is 102 Å². The number of anilines is 1. The average Bonchev–Trinajstić information content (AvgIpc) is 2.58. The van der Waals surface area contributed by atoms with Crippen molar-refractivity contribution in [2.75, 3.05) is 38.3 Å². The zero-order valence-corrected chi connectivity index (χ0v) is 10.3. The predicted octanol–water partition coefficient (Wildman–Crippen LogP) is 1.25. The Morgan fingerprint density at radius 1 is 1.47 bits per heavy atom. The fourth-order valence-electron chi connectivity index (χ4n) is 2.21. The number of para-hydroxylation sites is 2. The summed E-state index contributed by atoms with van der Waals surface area (Å²) in [4.78, 5) is 2.30. The first kappa shape index (κ1) is 12.2. The van der Waals surface area contributed by atoms with Crippen molar-refractivity contribution < 1.29 is 9.47 Å². The maximum absolute atomic E-state index is 5.84. The quantitative estimate of drug-likeness (QED) is 0.854. The van der Waals surface area contributed by atoms with Gasteiger partial charge in [-0.05, 0) is 18.6 Å². The van der Waals surface area contributed by atoms with Crippen LogP contribution in [0.15, 0.2) is 24.3 Å². The first-order valence-electron chi connectivity index (χ1n) is 6.04. The van der Waals surface area contributed by atoms with E-state index in [9.17, 15) is 0 Å². The van der Waals surface area contributed by atoms with E-state index < -0.39 is 0 Å². The minimum absolute atomic E-state index is 0.211. The first-order valence-corrected chi connectivity index (χ1v) is 6.04. The van der Waals surface area contributed by atoms with Gasteiger partial charge in [-0.3, -0.25) is 0 Å².